The smallest absolute Gasteiger partial charge is 0.0904 e. The van der Waals surface area contributed by atoms with E-state index >= 15 is 0 Å². The lowest BCUT2D eigenvalue weighted by Crippen LogP contribution is -2.27. The van der Waals surface area contributed by atoms with Gasteiger partial charge in [-0.1, -0.05) is 54.6 Å². The minimum absolute atomic E-state index is 0.423. The lowest BCUT2D eigenvalue weighted by atomic mass is 10.00. The standard InChI is InChI=1S/C31H38N4/c1-7-26-8-10-27(11-9-26)19-33-29(18-32)28-16-24(5)31(25(6)17-28)35-13-12-34(20-35)30-22(3)14-21(2)15-23(30)4/h7-11,14-17H,1,12-13,18-20,32H2,2-6H3. The molecule has 0 bridgehead atoms. The van der Waals surface area contributed by atoms with Crippen LogP contribution in [0.2, 0.25) is 0 Å². The van der Waals surface area contributed by atoms with Gasteiger partial charge in [-0.05, 0) is 85.7 Å². The third-order valence-electron chi connectivity index (χ3n) is 6.93. The van der Waals surface area contributed by atoms with Gasteiger partial charge in [0.2, 0.25) is 0 Å². The van der Waals surface area contributed by atoms with Gasteiger partial charge in [0.05, 0.1) is 18.9 Å². The summed E-state index contributed by atoms with van der Waals surface area (Å²) >= 11 is 0. The Morgan fingerprint density at radius 3 is 1.86 bits per heavy atom. The maximum absolute atomic E-state index is 6.14. The molecule has 3 aromatic rings. The normalized spacial score (nSPS) is 14.1. The zero-order chi connectivity index (χ0) is 25.1. The van der Waals surface area contributed by atoms with E-state index in [1.165, 1.54) is 44.8 Å². The fourth-order valence-electron chi connectivity index (χ4n) is 5.47. The fraction of sp³-hybridized carbons (Fsp3) is 0.323. The number of nitrogens with zero attached hydrogens (tertiary/aromatic N) is 3. The van der Waals surface area contributed by atoms with E-state index in [1.54, 1.807) is 0 Å². The molecule has 4 rings (SSSR count). The van der Waals surface area contributed by atoms with Crippen LogP contribution in [0.5, 0.6) is 0 Å². The van der Waals surface area contributed by atoms with Crippen molar-refractivity contribution < 1.29 is 0 Å². The number of hydrogen-bond donors (Lipinski definition) is 1. The zero-order valence-electron chi connectivity index (χ0n) is 21.9. The van der Waals surface area contributed by atoms with Gasteiger partial charge in [-0.3, -0.25) is 4.99 Å². The van der Waals surface area contributed by atoms with E-state index in [1.807, 2.05) is 6.08 Å². The highest BCUT2D eigenvalue weighted by Gasteiger charge is 2.25. The van der Waals surface area contributed by atoms with Crippen molar-refractivity contribution in [3.05, 3.63) is 99.6 Å². The molecule has 0 aliphatic carbocycles. The van der Waals surface area contributed by atoms with Gasteiger partial charge in [-0.15, -0.1) is 0 Å². The number of rotatable bonds is 7. The van der Waals surface area contributed by atoms with Gasteiger partial charge in [0.15, 0.2) is 0 Å². The Bertz CT molecular complexity index is 1210. The maximum atomic E-state index is 6.14. The van der Waals surface area contributed by atoms with E-state index in [-0.39, 0.29) is 0 Å². The van der Waals surface area contributed by atoms with Crippen molar-refractivity contribution in [2.45, 2.75) is 41.2 Å². The van der Waals surface area contributed by atoms with Crippen LogP contribution in [0.15, 0.2) is 60.1 Å². The molecule has 0 spiro atoms. The molecule has 1 heterocycles. The summed E-state index contributed by atoms with van der Waals surface area (Å²) in [6.45, 7) is 18.9. The molecule has 0 amide bonds. The van der Waals surface area contributed by atoms with E-state index in [2.05, 4.69) is 99.5 Å². The first-order valence-electron chi connectivity index (χ1n) is 12.4. The van der Waals surface area contributed by atoms with Crippen molar-refractivity contribution in [2.75, 3.05) is 36.1 Å². The van der Waals surface area contributed by atoms with Gasteiger partial charge in [0, 0.05) is 31.0 Å². The Morgan fingerprint density at radius 2 is 1.37 bits per heavy atom. The van der Waals surface area contributed by atoms with Gasteiger partial charge in [0.25, 0.3) is 0 Å². The van der Waals surface area contributed by atoms with Crippen LogP contribution in [-0.4, -0.2) is 32.0 Å². The van der Waals surface area contributed by atoms with Crippen LogP contribution in [-0.2, 0) is 6.54 Å². The van der Waals surface area contributed by atoms with E-state index in [0.29, 0.717) is 13.1 Å². The number of hydrogen-bond acceptors (Lipinski definition) is 4. The molecule has 2 N–H and O–H groups in total. The highest BCUT2D eigenvalue weighted by Crippen LogP contribution is 2.33. The molecule has 1 aliphatic rings. The summed E-state index contributed by atoms with van der Waals surface area (Å²) in [6.07, 6.45) is 1.86. The van der Waals surface area contributed by atoms with Gasteiger partial charge >= 0.3 is 0 Å². The summed E-state index contributed by atoms with van der Waals surface area (Å²) in [6, 6.07) is 17.4. The molecule has 1 fully saturated rings. The SMILES string of the molecule is C=Cc1ccc(CN=C(CN)c2cc(C)c(N3CCN(c4c(C)cc(C)cc4C)C3)c(C)c2)cc1. The van der Waals surface area contributed by atoms with Crippen molar-refractivity contribution in [1.29, 1.82) is 0 Å². The molecule has 0 radical (unpaired) electrons. The highest BCUT2D eigenvalue weighted by atomic mass is 15.4. The van der Waals surface area contributed by atoms with Gasteiger partial charge in [-0.2, -0.15) is 0 Å². The second-order valence-electron chi connectivity index (χ2n) is 9.79. The summed E-state index contributed by atoms with van der Waals surface area (Å²) in [4.78, 5) is 9.89. The zero-order valence-corrected chi connectivity index (χ0v) is 21.9. The van der Waals surface area contributed by atoms with E-state index < -0.39 is 0 Å². The predicted molar refractivity (Wildman–Crippen MR) is 152 cm³/mol. The van der Waals surface area contributed by atoms with E-state index in [4.69, 9.17) is 10.7 Å². The van der Waals surface area contributed by atoms with Gasteiger partial charge < -0.3 is 15.5 Å². The van der Waals surface area contributed by atoms with Crippen LogP contribution in [0.4, 0.5) is 11.4 Å². The molecule has 0 atom stereocenters. The quantitative estimate of drug-likeness (QED) is 0.428. The Balaban J connectivity index is 1.55. The van der Waals surface area contributed by atoms with Crippen molar-refractivity contribution in [3.63, 3.8) is 0 Å². The molecule has 4 heteroatoms. The minimum atomic E-state index is 0.423. The topological polar surface area (TPSA) is 44.9 Å². The molecule has 35 heavy (non-hydrogen) atoms. The molecular weight excluding hydrogens is 428 g/mol. The molecular formula is C31H38N4. The van der Waals surface area contributed by atoms with E-state index in [9.17, 15) is 0 Å². The fourth-order valence-corrected chi connectivity index (χ4v) is 5.47. The Morgan fingerprint density at radius 1 is 0.857 bits per heavy atom. The summed E-state index contributed by atoms with van der Waals surface area (Å²) in [5, 5.41) is 0. The molecule has 4 nitrogen and oxygen atoms in total. The molecule has 0 unspecified atom stereocenters. The molecule has 0 aromatic heterocycles. The Kier molecular flexibility index (Phi) is 7.42. The number of aliphatic imine (C=N–C) groups is 1. The molecule has 1 saturated heterocycles. The molecule has 3 aromatic carbocycles. The number of anilines is 2. The van der Waals surface area contributed by atoms with Gasteiger partial charge in [-0.25, -0.2) is 0 Å². The third-order valence-corrected chi connectivity index (χ3v) is 6.93. The first kappa shape index (κ1) is 24.7. The Hall–Kier alpha value is -3.37. The predicted octanol–water partition coefficient (Wildman–Crippen LogP) is 6.10. The van der Waals surface area contributed by atoms with Crippen LogP contribution in [0.1, 0.15) is 44.5 Å². The van der Waals surface area contributed by atoms with Crippen molar-refractivity contribution in [1.82, 2.24) is 0 Å². The van der Waals surface area contributed by atoms with Crippen LogP contribution in [0.3, 0.4) is 0 Å². The number of benzene rings is 3. The highest BCUT2D eigenvalue weighted by molar-refractivity contribution is 6.02. The maximum Gasteiger partial charge on any atom is 0.0904 e. The van der Waals surface area contributed by atoms with Gasteiger partial charge in [0.1, 0.15) is 0 Å². The van der Waals surface area contributed by atoms with Crippen molar-refractivity contribution in [2.24, 2.45) is 10.7 Å². The summed E-state index contributed by atoms with van der Waals surface area (Å²) in [5.74, 6) is 0. The van der Waals surface area contributed by atoms with Crippen LogP contribution in [0.25, 0.3) is 6.08 Å². The van der Waals surface area contributed by atoms with Crippen LogP contribution >= 0.6 is 0 Å². The first-order chi connectivity index (χ1) is 16.8. The lowest BCUT2D eigenvalue weighted by Gasteiger charge is -2.27. The largest absolute Gasteiger partial charge is 0.352 e. The number of aryl methyl sites for hydroxylation is 5. The average Bonchev–Trinajstić information content (AvgIpc) is 3.27. The van der Waals surface area contributed by atoms with Crippen molar-refractivity contribution >= 4 is 23.2 Å². The van der Waals surface area contributed by atoms with Crippen molar-refractivity contribution in [3.8, 4) is 0 Å². The third kappa shape index (κ3) is 5.33. The lowest BCUT2D eigenvalue weighted by molar-refractivity contribution is 0.930. The van der Waals surface area contributed by atoms with Crippen LogP contribution < -0.4 is 15.5 Å². The number of nitrogens with two attached hydrogens (primary N) is 1. The molecule has 182 valence electrons. The monoisotopic (exact) mass is 466 g/mol. The van der Waals surface area contributed by atoms with Crippen LogP contribution in [0, 0.1) is 34.6 Å². The second-order valence-corrected chi connectivity index (χ2v) is 9.79. The first-order valence-corrected chi connectivity index (χ1v) is 12.4. The molecule has 0 saturated carbocycles. The van der Waals surface area contributed by atoms with E-state index in [0.717, 1.165) is 36.6 Å². The minimum Gasteiger partial charge on any atom is -0.352 e. The second kappa shape index (κ2) is 10.5. The summed E-state index contributed by atoms with van der Waals surface area (Å²) in [7, 11) is 0. The summed E-state index contributed by atoms with van der Waals surface area (Å²) < 4.78 is 0. The Labute approximate surface area is 210 Å². The molecule has 1 aliphatic heterocycles. The average molecular weight is 467 g/mol. The summed E-state index contributed by atoms with van der Waals surface area (Å²) in [5.41, 5.74) is 19.8.